The zero-order valence-electron chi connectivity index (χ0n) is 8.56. The van der Waals surface area contributed by atoms with Crippen molar-refractivity contribution in [2.24, 2.45) is 0 Å². The standard InChI is InChI=1S/2C6H6.O2SSe/c2*1-2-4-6-5-3-1;1-3(2)4/h2*1-6H;. The maximum atomic E-state index is 8.94. The summed E-state index contributed by atoms with van der Waals surface area (Å²) in [7, 11) is -1.99. The summed E-state index contributed by atoms with van der Waals surface area (Å²) in [5.74, 6) is 0. The van der Waals surface area contributed by atoms with E-state index in [-0.39, 0.29) is 0 Å². The van der Waals surface area contributed by atoms with Gasteiger partial charge < -0.3 is 0 Å². The molecule has 0 unspecified atom stereocenters. The van der Waals surface area contributed by atoms with Crippen LogP contribution >= 0.6 is 0 Å². The van der Waals surface area contributed by atoms with Gasteiger partial charge in [0.1, 0.15) is 0 Å². The van der Waals surface area contributed by atoms with Crippen molar-refractivity contribution in [2.75, 3.05) is 0 Å². The zero-order valence-corrected chi connectivity index (χ0v) is 11.1. The number of benzene rings is 2. The molecule has 0 heterocycles. The smallest absolute Gasteiger partial charge is 0.0623 e. The summed E-state index contributed by atoms with van der Waals surface area (Å²) in [6, 6.07) is 24.0. The third-order valence-electron chi connectivity index (χ3n) is 1.33. The summed E-state index contributed by atoms with van der Waals surface area (Å²) < 4.78 is 17.9. The molecule has 0 amide bonds. The van der Waals surface area contributed by atoms with Crippen molar-refractivity contribution >= 4 is 23.0 Å². The predicted molar refractivity (Wildman–Crippen MR) is 67.6 cm³/mol. The van der Waals surface area contributed by atoms with E-state index < -0.39 is 8.63 Å². The Balaban J connectivity index is 0.000000217. The Labute approximate surface area is 104 Å². The minimum absolute atomic E-state index is 1.82. The van der Waals surface area contributed by atoms with Crippen LogP contribution in [0.2, 0.25) is 0 Å². The van der Waals surface area contributed by atoms with Gasteiger partial charge in [-0.15, -0.1) is 0 Å². The second-order valence-electron chi connectivity index (χ2n) is 2.51. The fourth-order valence-corrected chi connectivity index (χ4v) is 0.770. The quantitative estimate of drug-likeness (QED) is 0.700. The Morgan fingerprint density at radius 2 is 0.562 bits per heavy atom. The Hall–Kier alpha value is -1.22. The van der Waals surface area contributed by atoms with Gasteiger partial charge in [-0.1, -0.05) is 72.8 Å². The first-order valence-corrected chi connectivity index (χ1v) is 7.60. The van der Waals surface area contributed by atoms with Crippen LogP contribution in [0.3, 0.4) is 0 Å². The van der Waals surface area contributed by atoms with Crippen molar-refractivity contribution in [1.82, 2.24) is 0 Å². The second-order valence-corrected chi connectivity index (χ2v) is 4.63. The Kier molecular flexibility index (Phi) is 10.9. The molecule has 2 aromatic carbocycles. The van der Waals surface area contributed by atoms with Crippen LogP contribution in [0.5, 0.6) is 0 Å². The van der Waals surface area contributed by atoms with Gasteiger partial charge in [-0.3, -0.25) is 0 Å². The van der Waals surface area contributed by atoms with Crippen LogP contribution in [0, 0.1) is 0 Å². The Morgan fingerprint density at radius 1 is 0.500 bits per heavy atom. The average molecular weight is 299 g/mol. The zero-order chi connectivity index (χ0) is 12.1. The van der Waals surface area contributed by atoms with Gasteiger partial charge in [-0.25, -0.2) is 0 Å². The first-order valence-electron chi connectivity index (χ1n) is 4.50. The molecule has 4 heteroatoms. The van der Waals surface area contributed by atoms with E-state index in [9.17, 15) is 0 Å². The first-order chi connectivity index (χ1) is 7.73. The van der Waals surface area contributed by atoms with Gasteiger partial charge in [0, 0.05) is 0 Å². The molecule has 0 aliphatic carbocycles. The van der Waals surface area contributed by atoms with E-state index in [1.54, 1.807) is 0 Å². The fraction of sp³-hybridized carbons (Fsp3) is 0. The van der Waals surface area contributed by atoms with E-state index in [2.05, 4.69) is 0 Å². The molecular formula is C12H12O2SSe. The van der Waals surface area contributed by atoms with Crippen LogP contribution < -0.4 is 0 Å². The number of hydrogen-bond acceptors (Lipinski definition) is 2. The van der Waals surface area contributed by atoms with E-state index >= 15 is 0 Å². The molecule has 84 valence electrons. The van der Waals surface area contributed by atoms with Gasteiger partial charge in [0.2, 0.25) is 0 Å². The Morgan fingerprint density at radius 3 is 0.625 bits per heavy atom. The molecule has 2 aromatic rings. The number of hydrogen-bond donors (Lipinski definition) is 0. The molecule has 0 fully saturated rings. The normalized spacial score (nSPS) is 7.50. The third-order valence-corrected chi connectivity index (χ3v) is 1.33. The van der Waals surface area contributed by atoms with Crippen LogP contribution in [0.25, 0.3) is 0 Å². The third kappa shape index (κ3) is 15.3. The van der Waals surface area contributed by atoms with Gasteiger partial charge in [0.25, 0.3) is 0 Å². The van der Waals surface area contributed by atoms with E-state index in [1.165, 1.54) is 0 Å². The monoisotopic (exact) mass is 300 g/mol. The van der Waals surface area contributed by atoms with Crippen LogP contribution in [0.1, 0.15) is 0 Å². The van der Waals surface area contributed by atoms with Crippen LogP contribution in [0.15, 0.2) is 72.8 Å². The van der Waals surface area contributed by atoms with Crippen LogP contribution in [-0.4, -0.2) is 22.8 Å². The molecule has 0 saturated heterocycles. The van der Waals surface area contributed by atoms with Crippen molar-refractivity contribution in [2.45, 2.75) is 0 Å². The summed E-state index contributed by atoms with van der Waals surface area (Å²) in [5, 5.41) is 0. The topological polar surface area (TPSA) is 34.1 Å². The molecule has 2 rings (SSSR count). The number of rotatable bonds is 0. The van der Waals surface area contributed by atoms with E-state index in [0.717, 1.165) is 0 Å². The molecule has 0 radical (unpaired) electrons. The summed E-state index contributed by atoms with van der Waals surface area (Å²) in [4.78, 5) is 0. The van der Waals surface area contributed by atoms with Crippen molar-refractivity contribution in [3.63, 3.8) is 0 Å². The molecule has 0 aliphatic heterocycles. The minimum atomic E-state index is -1.99. The summed E-state index contributed by atoms with van der Waals surface area (Å²) in [6.07, 6.45) is 0. The average Bonchev–Trinajstić information content (AvgIpc) is 2.34. The second kappa shape index (κ2) is 11.9. The largest absolute Gasteiger partial charge is 0.0623 e. The van der Waals surface area contributed by atoms with Gasteiger partial charge in [-0.05, 0) is 0 Å². The van der Waals surface area contributed by atoms with Crippen LogP contribution in [-0.2, 0) is 8.63 Å². The fourth-order valence-electron chi connectivity index (χ4n) is 0.770. The van der Waals surface area contributed by atoms with E-state index in [0.29, 0.717) is 0 Å². The van der Waals surface area contributed by atoms with Crippen LogP contribution in [0.4, 0.5) is 0 Å². The maximum Gasteiger partial charge on any atom is -0.0623 e. The van der Waals surface area contributed by atoms with Gasteiger partial charge in [0.15, 0.2) is 0 Å². The molecule has 0 aliphatic rings. The van der Waals surface area contributed by atoms with Gasteiger partial charge in [-0.2, -0.15) is 0 Å². The van der Waals surface area contributed by atoms with Crippen molar-refractivity contribution in [3.05, 3.63) is 72.8 Å². The van der Waals surface area contributed by atoms with Crippen molar-refractivity contribution < 1.29 is 8.42 Å². The van der Waals surface area contributed by atoms with E-state index in [4.69, 9.17) is 8.42 Å². The van der Waals surface area contributed by atoms with Gasteiger partial charge >= 0.3 is 31.4 Å². The molecular weight excluding hydrogens is 287 g/mol. The summed E-state index contributed by atoms with van der Waals surface area (Å²) in [6.45, 7) is 0. The molecule has 0 bridgehead atoms. The molecule has 16 heavy (non-hydrogen) atoms. The Bertz CT molecular complexity index is 348. The van der Waals surface area contributed by atoms with Crippen molar-refractivity contribution in [1.29, 1.82) is 0 Å². The minimum Gasteiger partial charge on any atom is -0.0623 e. The first kappa shape index (κ1) is 14.8. The van der Waals surface area contributed by atoms with E-state index in [1.807, 2.05) is 87.2 Å². The SMILES string of the molecule is O=S(=O)=[Se].c1ccccc1.c1ccccc1. The summed E-state index contributed by atoms with van der Waals surface area (Å²) in [5.41, 5.74) is 0. The van der Waals surface area contributed by atoms with Crippen molar-refractivity contribution in [3.8, 4) is 0 Å². The molecule has 0 atom stereocenters. The summed E-state index contributed by atoms with van der Waals surface area (Å²) >= 11 is 1.82. The molecule has 0 spiro atoms. The maximum absolute atomic E-state index is 8.94. The predicted octanol–water partition coefficient (Wildman–Crippen LogP) is 2.32. The molecule has 0 aromatic heterocycles. The molecule has 2 nitrogen and oxygen atoms in total. The molecule has 0 N–H and O–H groups in total. The van der Waals surface area contributed by atoms with Gasteiger partial charge in [0.05, 0.1) is 0 Å². The molecule has 0 saturated carbocycles.